The first-order chi connectivity index (χ1) is 16.2. The predicted molar refractivity (Wildman–Crippen MR) is 121 cm³/mol. The lowest BCUT2D eigenvalue weighted by atomic mass is 9.97. The molecule has 0 aliphatic heterocycles. The largest absolute Gasteiger partial charge is 0.467 e. The molecule has 0 spiro atoms. The lowest BCUT2D eigenvalue weighted by molar-refractivity contribution is -0.144. The first-order valence-electron chi connectivity index (χ1n) is 11.2. The second-order valence-electron chi connectivity index (χ2n) is 8.52. The van der Waals surface area contributed by atoms with E-state index in [1.54, 1.807) is 40.9 Å². The molecule has 1 fully saturated rings. The maximum atomic E-state index is 13.6. The van der Waals surface area contributed by atoms with E-state index >= 15 is 0 Å². The normalized spacial score (nSPS) is 14.8. The second kappa shape index (κ2) is 9.12. The number of hydrogen-bond donors (Lipinski definition) is 0. The third-order valence-corrected chi connectivity index (χ3v) is 6.25. The monoisotopic (exact) mass is 473 g/mol. The third kappa shape index (κ3) is 4.51. The Hall–Kier alpha value is -3.36. The molecule has 3 aromatic rings. The van der Waals surface area contributed by atoms with Gasteiger partial charge >= 0.3 is 12.1 Å². The molecule has 1 amide bonds. The second-order valence-corrected chi connectivity index (χ2v) is 8.52. The fourth-order valence-corrected chi connectivity index (χ4v) is 4.19. The van der Waals surface area contributed by atoms with Gasteiger partial charge in [-0.15, -0.1) is 0 Å². The van der Waals surface area contributed by atoms with Gasteiger partial charge in [-0.3, -0.25) is 9.78 Å². The molecule has 0 radical (unpaired) electrons. The summed E-state index contributed by atoms with van der Waals surface area (Å²) in [6, 6.07) is 6.43. The number of fused-ring (bicyclic) bond motifs is 1. The standard InChI is InChI=1S/C25H26F3N3O3/c1-4-30(23(32)16-7-8-16)13-17-12-18(25(26,27)28)9-10-19(17)20-14-31(15(2)24(33)34-3)21-6-5-11-29-22(20)21/h5-6,9-12,14-16H,4,7-8,13H2,1-3H3. The molecular formula is C25H26F3N3O3. The first kappa shape index (κ1) is 23.8. The number of methoxy groups -OCH3 is 1. The summed E-state index contributed by atoms with van der Waals surface area (Å²) in [4.78, 5) is 31.0. The molecule has 9 heteroatoms. The minimum absolute atomic E-state index is 0.0364. The molecule has 1 aliphatic carbocycles. The van der Waals surface area contributed by atoms with E-state index in [9.17, 15) is 22.8 Å². The zero-order valence-corrected chi connectivity index (χ0v) is 19.2. The van der Waals surface area contributed by atoms with E-state index in [2.05, 4.69) is 4.98 Å². The summed E-state index contributed by atoms with van der Waals surface area (Å²) in [5, 5.41) is 0. The number of benzene rings is 1. The van der Waals surface area contributed by atoms with Crippen molar-refractivity contribution >= 4 is 22.9 Å². The smallest absolute Gasteiger partial charge is 0.416 e. The predicted octanol–water partition coefficient (Wildman–Crippen LogP) is 5.21. The van der Waals surface area contributed by atoms with Crippen molar-refractivity contribution in [3.05, 3.63) is 53.9 Å². The number of alkyl halides is 3. The molecule has 180 valence electrons. The van der Waals surface area contributed by atoms with Crippen molar-refractivity contribution in [1.29, 1.82) is 0 Å². The Labute approximate surface area is 195 Å². The van der Waals surface area contributed by atoms with E-state index < -0.39 is 23.8 Å². The van der Waals surface area contributed by atoms with Crippen LogP contribution in [0.5, 0.6) is 0 Å². The molecule has 1 aromatic carbocycles. The van der Waals surface area contributed by atoms with Gasteiger partial charge in [0.05, 0.1) is 23.7 Å². The topological polar surface area (TPSA) is 64.4 Å². The molecule has 2 heterocycles. The lowest BCUT2D eigenvalue weighted by Crippen LogP contribution is -2.31. The van der Waals surface area contributed by atoms with Crippen molar-refractivity contribution in [3.63, 3.8) is 0 Å². The summed E-state index contributed by atoms with van der Waals surface area (Å²) >= 11 is 0. The zero-order chi connectivity index (χ0) is 24.6. The quantitative estimate of drug-likeness (QED) is 0.442. The van der Waals surface area contributed by atoms with Gasteiger partial charge < -0.3 is 14.2 Å². The van der Waals surface area contributed by atoms with Gasteiger partial charge in [0.2, 0.25) is 5.91 Å². The summed E-state index contributed by atoms with van der Waals surface area (Å²) in [6.45, 7) is 3.95. The molecule has 1 saturated carbocycles. The number of nitrogens with zero attached hydrogens (tertiary/aromatic N) is 3. The van der Waals surface area contributed by atoms with Crippen LogP contribution < -0.4 is 0 Å². The van der Waals surface area contributed by atoms with Crippen LogP contribution in [0.1, 0.15) is 43.9 Å². The molecule has 1 unspecified atom stereocenters. The van der Waals surface area contributed by atoms with Crippen molar-refractivity contribution in [2.24, 2.45) is 5.92 Å². The molecule has 1 aliphatic rings. The van der Waals surface area contributed by atoms with Crippen LogP contribution in [0.4, 0.5) is 13.2 Å². The zero-order valence-electron chi connectivity index (χ0n) is 19.2. The fraction of sp³-hybridized carbons (Fsp3) is 0.400. The number of hydrogen-bond acceptors (Lipinski definition) is 4. The number of carbonyl (C=O) groups is 2. The molecule has 34 heavy (non-hydrogen) atoms. The van der Waals surface area contributed by atoms with Gasteiger partial charge in [0.25, 0.3) is 0 Å². The Balaban J connectivity index is 1.87. The van der Waals surface area contributed by atoms with Gasteiger partial charge in [0.1, 0.15) is 6.04 Å². The van der Waals surface area contributed by atoms with Gasteiger partial charge in [-0.05, 0) is 62.1 Å². The number of aromatic nitrogens is 2. The summed E-state index contributed by atoms with van der Waals surface area (Å²) < 4.78 is 47.3. The number of esters is 1. The summed E-state index contributed by atoms with van der Waals surface area (Å²) in [7, 11) is 1.30. The molecule has 1 atom stereocenters. The molecule has 2 aromatic heterocycles. The van der Waals surface area contributed by atoms with Crippen molar-refractivity contribution in [3.8, 4) is 11.1 Å². The highest BCUT2D eigenvalue weighted by Gasteiger charge is 2.35. The van der Waals surface area contributed by atoms with E-state index in [1.165, 1.54) is 13.2 Å². The van der Waals surface area contributed by atoms with Crippen LogP contribution in [0, 0.1) is 5.92 Å². The van der Waals surface area contributed by atoms with Crippen molar-refractivity contribution in [2.45, 2.75) is 45.5 Å². The summed E-state index contributed by atoms with van der Waals surface area (Å²) in [6.07, 6.45) is 0.416. The van der Waals surface area contributed by atoms with Gasteiger partial charge in [0.15, 0.2) is 0 Å². The number of halogens is 3. The Bertz CT molecular complexity index is 1230. The average molecular weight is 473 g/mol. The number of ether oxygens (including phenoxy) is 1. The third-order valence-electron chi connectivity index (χ3n) is 6.25. The molecule has 0 saturated heterocycles. The molecule has 4 rings (SSSR count). The Morgan fingerprint density at radius 2 is 1.97 bits per heavy atom. The highest BCUT2D eigenvalue weighted by atomic mass is 19.4. The van der Waals surface area contributed by atoms with Crippen LogP contribution >= 0.6 is 0 Å². The van der Waals surface area contributed by atoms with Gasteiger partial charge in [0, 0.05) is 37.0 Å². The van der Waals surface area contributed by atoms with E-state index in [0.717, 1.165) is 25.0 Å². The van der Waals surface area contributed by atoms with Gasteiger partial charge in [-0.25, -0.2) is 4.79 Å². The molecule has 0 N–H and O–H groups in total. The lowest BCUT2D eigenvalue weighted by Gasteiger charge is -2.23. The molecule has 0 bridgehead atoms. The van der Waals surface area contributed by atoms with Crippen LogP contribution in [0.15, 0.2) is 42.7 Å². The number of carbonyl (C=O) groups excluding carboxylic acids is 2. The van der Waals surface area contributed by atoms with Gasteiger partial charge in [-0.1, -0.05) is 6.07 Å². The Kier molecular flexibility index (Phi) is 6.38. The number of rotatable bonds is 7. The van der Waals surface area contributed by atoms with Crippen molar-refractivity contribution in [2.75, 3.05) is 13.7 Å². The maximum Gasteiger partial charge on any atom is 0.416 e. The van der Waals surface area contributed by atoms with Crippen LogP contribution in [0.3, 0.4) is 0 Å². The van der Waals surface area contributed by atoms with Crippen LogP contribution in [-0.4, -0.2) is 40.0 Å². The minimum atomic E-state index is -4.52. The number of amides is 1. The summed E-state index contributed by atoms with van der Waals surface area (Å²) in [5.74, 6) is -0.531. The van der Waals surface area contributed by atoms with Crippen molar-refractivity contribution < 1.29 is 27.5 Å². The van der Waals surface area contributed by atoms with Crippen LogP contribution in [-0.2, 0) is 27.0 Å². The molecule has 6 nitrogen and oxygen atoms in total. The Morgan fingerprint density at radius 3 is 2.59 bits per heavy atom. The maximum absolute atomic E-state index is 13.6. The first-order valence-corrected chi connectivity index (χ1v) is 11.2. The average Bonchev–Trinajstić information content (AvgIpc) is 3.61. The highest BCUT2D eigenvalue weighted by molar-refractivity contribution is 5.95. The number of pyridine rings is 1. The van der Waals surface area contributed by atoms with E-state index in [0.29, 0.717) is 34.3 Å². The van der Waals surface area contributed by atoms with E-state index in [-0.39, 0.29) is 18.4 Å². The van der Waals surface area contributed by atoms with Crippen molar-refractivity contribution in [1.82, 2.24) is 14.5 Å². The SMILES string of the molecule is CCN(Cc1cc(C(F)(F)F)ccc1-c1cn(C(C)C(=O)OC)c2cccnc12)C(=O)C1CC1. The van der Waals surface area contributed by atoms with Crippen LogP contribution in [0.2, 0.25) is 0 Å². The summed E-state index contributed by atoms with van der Waals surface area (Å²) in [5.41, 5.74) is 1.93. The van der Waals surface area contributed by atoms with E-state index in [4.69, 9.17) is 4.74 Å². The highest BCUT2D eigenvalue weighted by Crippen LogP contribution is 2.38. The fourth-order valence-electron chi connectivity index (χ4n) is 4.19. The Morgan fingerprint density at radius 1 is 1.24 bits per heavy atom. The van der Waals surface area contributed by atoms with Gasteiger partial charge in [-0.2, -0.15) is 13.2 Å². The molecular weight excluding hydrogens is 447 g/mol. The van der Waals surface area contributed by atoms with E-state index in [1.807, 2.05) is 6.92 Å². The minimum Gasteiger partial charge on any atom is -0.467 e. The van der Waals surface area contributed by atoms with Crippen LogP contribution in [0.25, 0.3) is 22.2 Å².